The van der Waals surface area contributed by atoms with Crippen LogP contribution < -0.4 is 0 Å². The summed E-state index contributed by atoms with van der Waals surface area (Å²) in [4.78, 5) is 12.7. The lowest BCUT2D eigenvalue weighted by atomic mass is 9.75. The van der Waals surface area contributed by atoms with Crippen molar-refractivity contribution in [3.8, 4) is 0 Å². The standard InChI is InChI=1S/C22H34N2O3/c1-16-7-5-8-17(2)10-11-18(15-19-21(3,27-19)12-6-9-16)22(20(25)26-4)13-14-23-24-22/h8-9,18-19H,5-7,10-15H2,1-4H3/b16-9-,17-8-/t18?,19-,21+,22+/m0/s1. The molecule has 0 saturated carbocycles. The molecule has 0 bridgehead atoms. The van der Waals surface area contributed by atoms with Crippen molar-refractivity contribution in [2.45, 2.75) is 89.4 Å². The summed E-state index contributed by atoms with van der Waals surface area (Å²) in [7, 11) is 1.46. The third-order valence-corrected chi connectivity index (χ3v) is 6.64. The highest BCUT2D eigenvalue weighted by atomic mass is 16.6. The van der Waals surface area contributed by atoms with E-state index in [0.717, 1.165) is 44.9 Å². The Balaban J connectivity index is 1.82. The van der Waals surface area contributed by atoms with Gasteiger partial charge in [-0.1, -0.05) is 23.3 Å². The van der Waals surface area contributed by atoms with Gasteiger partial charge in [0.25, 0.3) is 0 Å². The molecule has 2 heterocycles. The Kier molecular flexibility index (Phi) is 6.19. The van der Waals surface area contributed by atoms with E-state index >= 15 is 0 Å². The lowest BCUT2D eigenvalue weighted by Crippen LogP contribution is -2.44. The Bertz CT molecular complexity index is 654. The number of nitrogens with zero attached hydrogens (tertiary/aromatic N) is 2. The van der Waals surface area contributed by atoms with Crippen LogP contribution in [0.1, 0.15) is 72.1 Å². The predicted octanol–water partition coefficient (Wildman–Crippen LogP) is 5.16. The number of hydrogen-bond donors (Lipinski definition) is 0. The van der Waals surface area contributed by atoms with E-state index in [1.807, 2.05) is 0 Å². The van der Waals surface area contributed by atoms with Crippen LogP contribution in [0.5, 0.6) is 0 Å². The number of azo groups is 1. The molecule has 4 atom stereocenters. The number of epoxide rings is 1. The molecular weight excluding hydrogens is 340 g/mol. The third kappa shape index (κ3) is 4.50. The fraction of sp³-hybridized carbons (Fsp3) is 0.773. The van der Waals surface area contributed by atoms with Gasteiger partial charge in [-0.2, -0.15) is 10.2 Å². The molecule has 1 aliphatic carbocycles. The second kappa shape index (κ2) is 8.26. The van der Waals surface area contributed by atoms with E-state index in [1.165, 1.54) is 18.3 Å². The topological polar surface area (TPSA) is 63.5 Å². The molecule has 0 aromatic heterocycles. The Morgan fingerprint density at radius 3 is 2.63 bits per heavy atom. The number of esters is 1. The number of carbonyl (C=O) groups is 1. The lowest BCUT2D eigenvalue weighted by molar-refractivity contribution is -0.149. The molecule has 3 aliphatic rings. The van der Waals surface area contributed by atoms with E-state index in [0.29, 0.717) is 13.0 Å². The highest BCUT2D eigenvalue weighted by Gasteiger charge is 2.57. The number of carbonyl (C=O) groups excluding carboxylic acids is 1. The molecule has 5 nitrogen and oxygen atoms in total. The van der Waals surface area contributed by atoms with Crippen molar-refractivity contribution in [1.29, 1.82) is 0 Å². The number of rotatable bonds is 2. The molecule has 27 heavy (non-hydrogen) atoms. The van der Waals surface area contributed by atoms with Gasteiger partial charge in [0.1, 0.15) is 0 Å². The van der Waals surface area contributed by atoms with Crippen molar-refractivity contribution < 1.29 is 14.3 Å². The molecule has 0 spiro atoms. The summed E-state index contributed by atoms with van der Waals surface area (Å²) in [5, 5.41) is 8.62. The number of hydrogen-bond acceptors (Lipinski definition) is 5. The predicted molar refractivity (Wildman–Crippen MR) is 106 cm³/mol. The third-order valence-electron chi connectivity index (χ3n) is 6.64. The van der Waals surface area contributed by atoms with Crippen LogP contribution in [0.3, 0.4) is 0 Å². The number of methoxy groups -OCH3 is 1. The first-order valence-electron chi connectivity index (χ1n) is 10.4. The van der Waals surface area contributed by atoms with E-state index in [4.69, 9.17) is 9.47 Å². The summed E-state index contributed by atoms with van der Waals surface area (Å²) in [6.45, 7) is 7.23. The molecule has 150 valence electrons. The quantitative estimate of drug-likeness (QED) is 0.381. The molecule has 5 heteroatoms. The zero-order chi connectivity index (χ0) is 19.5. The highest BCUT2D eigenvalue weighted by Crippen LogP contribution is 2.48. The second-order valence-corrected chi connectivity index (χ2v) is 8.70. The first kappa shape index (κ1) is 20.2. The van der Waals surface area contributed by atoms with Crippen LogP contribution in [0, 0.1) is 5.92 Å². The number of fused-ring (bicyclic) bond motifs is 1. The fourth-order valence-electron chi connectivity index (χ4n) is 4.59. The zero-order valence-corrected chi connectivity index (χ0v) is 17.3. The molecule has 1 fully saturated rings. The minimum Gasteiger partial charge on any atom is -0.467 e. The number of ether oxygens (including phenoxy) is 2. The van der Waals surface area contributed by atoms with Crippen LogP contribution in [0.15, 0.2) is 33.5 Å². The first-order chi connectivity index (χ1) is 12.9. The molecule has 0 aromatic carbocycles. The molecule has 3 rings (SSSR count). The van der Waals surface area contributed by atoms with Gasteiger partial charge >= 0.3 is 5.97 Å². The molecule has 0 aromatic rings. The van der Waals surface area contributed by atoms with Crippen molar-refractivity contribution in [3.63, 3.8) is 0 Å². The van der Waals surface area contributed by atoms with Gasteiger partial charge in [-0.15, -0.1) is 0 Å². The van der Waals surface area contributed by atoms with Crippen LogP contribution >= 0.6 is 0 Å². The van der Waals surface area contributed by atoms with Gasteiger partial charge in [-0.25, -0.2) is 4.79 Å². The average molecular weight is 375 g/mol. The summed E-state index contributed by atoms with van der Waals surface area (Å²) < 4.78 is 11.3. The summed E-state index contributed by atoms with van der Waals surface area (Å²) in [5.74, 6) is -0.135. The molecule has 0 radical (unpaired) electrons. The molecule has 0 N–H and O–H groups in total. The summed E-state index contributed by atoms with van der Waals surface area (Å²) in [6, 6.07) is 0. The van der Waals surface area contributed by atoms with Crippen LogP contribution in [0.4, 0.5) is 0 Å². The lowest BCUT2D eigenvalue weighted by Gasteiger charge is -2.31. The van der Waals surface area contributed by atoms with Crippen molar-refractivity contribution >= 4 is 5.97 Å². The monoisotopic (exact) mass is 374 g/mol. The van der Waals surface area contributed by atoms with E-state index in [-0.39, 0.29) is 23.6 Å². The SMILES string of the molecule is COC(=O)[C@]1(C2CC/C(C)=C\CC/C(C)=C\CC[C@@]3(C)O[C@H]3C2)CCN=N1. The Labute approximate surface area is 163 Å². The Hall–Kier alpha value is -1.49. The number of allylic oxidation sites excluding steroid dienone is 4. The molecule has 0 amide bonds. The van der Waals surface area contributed by atoms with Crippen LogP contribution in [-0.4, -0.2) is 36.9 Å². The molecule has 2 aliphatic heterocycles. The minimum atomic E-state index is -0.824. The maximum absolute atomic E-state index is 12.7. The van der Waals surface area contributed by atoms with Gasteiger partial charge in [-0.05, 0) is 71.6 Å². The summed E-state index contributed by atoms with van der Waals surface area (Å²) in [6.07, 6.45) is 12.6. The fourth-order valence-corrected chi connectivity index (χ4v) is 4.59. The maximum Gasteiger partial charge on any atom is 0.336 e. The first-order valence-corrected chi connectivity index (χ1v) is 10.4. The average Bonchev–Trinajstić information content (AvgIpc) is 3.05. The van der Waals surface area contributed by atoms with Gasteiger partial charge in [0.2, 0.25) is 0 Å². The van der Waals surface area contributed by atoms with E-state index in [2.05, 4.69) is 43.2 Å². The summed E-state index contributed by atoms with van der Waals surface area (Å²) >= 11 is 0. The molecule has 1 saturated heterocycles. The van der Waals surface area contributed by atoms with Crippen molar-refractivity contribution in [3.05, 3.63) is 23.3 Å². The normalized spacial score (nSPS) is 41.5. The van der Waals surface area contributed by atoms with Gasteiger partial charge in [-0.3, -0.25) is 0 Å². The van der Waals surface area contributed by atoms with E-state index < -0.39 is 5.54 Å². The smallest absolute Gasteiger partial charge is 0.336 e. The second-order valence-electron chi connectivity index (χ2n) is 8.70. The zero-order valence-electron chi connectivity index (χ0n) is 17.3. The maximum atomic E-state index is 12.7. The van der Waals surface area contributed by atoms with Gasteiger partial charge < -0.3 is 9.47 Å². The summed E-state index contributed by atoms with van der Waals surface area (Å²) in [5.41, 5.74) is 1.96. The van der Waals surface area contributed by atoms with E-state index in [1.54, 1.807) is 0 Å². The minimum absolute atomic E-state index is 0.0723. The van der Waals surface area contributed by atoms with Gasteiger partial charge in [0, 0.05) is 6.42 Å². The molecule has 1 unspecified atom stereocenters. The highest BCUT2D eigenvalue weighted by molar-refractivity contribution is 5.81. The van der Waals surface area contributed by atoms with Crippen molar-refractivity contribution in [2.75, 3.05) is 13.7 Å². The van der Waals surface area contributed by atoms with Crippen LogP contribution in [0.2, 0.25) is 0 Å². The molecular formula is C22H34N2O3. The van der Waals surface area contributed by atoms with Crippen molar-refractivity contribution in [2.24, 2.45) is 16.1 Å². The van der Waals surface area contributed by atoms with E-state index in [9.17, 15) is 4.79 Å². The van der Waals surface area contributed by atoms with Gasteiger partial charge in [0.15, 0.2) is 5.54 Å². The Morgan fingerprint density at radius 2 is 1.93 bits per heavy atom. The Morgan fingerprint density at radius 1 is 1.19 bits per heavy atom. The van der Waals surface area contributed by atoms with Crippen LogP contribution in [0.25, 0.3) is 0 Å². The van der Waals surface area contributed by atoms with Crippen molar-refractivity contribution in [1.82, 2.24) is 0 Å². The van der Waals surface area contributed by atoms with Gasteiger partial charge in [0.05, 0.1) is 25.4 Å². The largest absolute Gasteiger partial charge is 0.467 e. The van der Waals surface area contributed by atoms with Crippen LogP contribution in [-0.2, 0) is 14.3 Å².